The van der Waals surface area contributed by atoms with Crippen molar-refractivity contribution in [1.29, 1.82) is 0 Å². The van der Waals surface area contributed by atoms with Crippen LogP contribution in [0.25, 0.3) is 5.69 Å². The fourth-order valence-corrected chi connectivity index (χ4v) is 6.83. The number of fused-ring (bicyclic) bond motifs is 3. The van der Waals surface area contributed by atoms with Crippen molar-refractivity contribution < 1.29 is 14.3 Å². The van der Waals surface area contributed by atoms with Gasteiger partial charge in [-0.15, -0.1) is 0 Å². The Kier molecular flexibility index (Phi) is 8.69. The second kappa shape index (κ2) is 12.8. The molecule has 2 fully saturated rings. The second-order valence-electron chi connectivity index (χ2n) is 12.0. The van der Waals surface area contributed by atoms with E-state index in [0.717, 1.165) is 62.4 Å². The average Bonchev–Trinajstić information content (AvgIpc) is 3.73. The minimum Gasteiger partial charge on any atom is -0.495 e. The first-order valence-corrected chi connectivity index (χ1v) is 15.9. The molecule has 12 heteroatoms. The topological polar surface area (TPSA) is 130 Å². The van der Waals surface area contributed by atoms with Crippen LogP contribution in [0.3, 0.4) is 0 Å². The number of aromatic nitrogens is 4. The first-order valence-electron chi connectivity index (χ1n) is 15.9. The number of piperidine rings is 1. The second-order valence-corrected chi connectivity index (χ2v) is 12.0. The number of nitrogens with one attached hydrogen (secondary N) is 3. The largest absolute Gasteiger partial charge is 0.495 e. The Labute approximate surface area is 258 Å². The number of anilines is 3. The number of likely N-dealkylation sites (tertiary alicyclic amines) is 1. The molecule has 0 radical (unpaired) electrons. The van der Waals surface area contributed by atoms with Crippen molar-refractivity contribution in [1.82, 2.24) is 35.1 Å². The number of hydrogen-bond donors (Lipinski definition) is 3. The number of carbonyl (C=O) groups excluding carboxylic acids is 2. The van der Waals surface area contributed by atoms with Gasteiger partial charge in [0, 0.05) is 24.2 Å². The lowest BCUT2D eigenvalue weighted by atomic mass is 10.00. The fourth-order valence-electron chi connectivity index (χ4n) is 6.83. The summed E-state index contributed by atoms with van der Waals surface area (Å²) in [5.41, 5.74) is 3.36. The van der Waals surface area contributed by atoms with Crippen LogP contribution in [0.1, 0.15) is 91.4 Å². The van der Waals surface area contributed by atoms with Gasteiger partial charge in [-0.1, -0.05) is 19.8 Å². The molecule has 3 aromatic rings. The molecule has 234 valence electrons. The highest BCUT2D eigenvalue weighted by Gasteiger charge is 2.40. The molecular weight excluding hydrogens is 558 g/mol. The number of rotatable bonds is 9. The summed E-state index contributed by atoms with van der Waals surface area (Å²) >= 11 is 0. The van der Waals surface area contributed by atoms with Crippen molar-refractivity contribution in [2.45, 2.75) is 76.9 Å². The fraction of sp³-hybridized carbons (Fsp3) is 0.531. The van der Waals surface area contributed by atoms with Crippen molar-refractivity contribution in [3.05, 3.63) is 47.7 Å². The number of ether oxygens (including phenoxy) is 1. The highest BCUT2D eigenvalue weighted by Crippen LogP contribution is 2.44. The van der Waals surface area contributed by atoms with Gasteiger partial charge in [0.1, 0.15) is 17.8 Å². The van der Waals surface area contributed by atoms with E-state index >= 15 is 0 Å². The van der Waals surface area contributed by atoms with Gasteiger partial charge in [-0.05, 0) is 77.4 Å². The maximum Gasteiger partial charge on any atom is 0.271 e. The van der Waals surface area contributed by atoms with E-state index in [-0.39, 0.29) is 23.9 Å². The average molecular weight is 602 g/mol. The maximum atomic E-state index is 13.0. The number of imidazole rings is 1. The van der Waals surface area contributed by atoms with Gasteiger partial charge in [0.05, 0.1) is 30.7 Å². The molecule has 2 amide bonds. The number of nitrogens with zero attached hydrogens (tertiary/aromatic N) is 6. The van der Waals surface area contributed by atoms with Crippen LogP contribution in [-0.4, -0.2) is 82.1 Å². The monoisotopic (exact) mass is 601 g/mol. The predicted octanol–water partition coefficient (Wildman–Crippen LogP) is 4.20. The normalized spacial score (nSPS) is 18.9. The van der Waals surface area contributed by atoms with Crippen LogP contribution in [0.4, 0.5) is 17.5 Å². The lowest BCUT2D eigenvalue weighted by molar-refractivity contribution is 0.0914. The molecule has 1 saturated heterocycles. The summed E-state index contributed by atoms with van der Waals surface area (Å²) in [7, 11) is 3.70. The van der Waals surface area contributed by atoms with Gasteiger partial charge in [0.25, 0.3) is 11.8 Å². The Bertz CT molecular complexity index is 1510. The third kappa shape index (κ3) is 5.70. The van der Waals surface area contributed by atoms with E-state index in [0.29, 0.717) is 41.2 Å². The number of amides is 2. The molecule has 0 spiro atoms. The summed E-state index contributed by atoms with van der Waals surface area (Å²) in [6.07, 6.45) is 10.7. The molecule has 1 saturated carbocycles. The zero-order chi connectivity index (χ0) is 30.8. The van der Waals surface area contributed by atoms with Crippen molar-refractivity contribution in [2.24, 2.45) is 0 Å². The Morgan fingerprint density at radius 1 is 1.05 bits per heavy atom. The molecule has 1 aliphatic carbocycles. The van der Waals surface area contributed by atoms with Crippen LogP contribution in [0.5, 0.6) is 5.75 Å². The summed E-state index contributed by atoms with van der Waals surface area (Å²) in [5.74, 6) is 1.52. The molecule has 2 aromatic heterocycles. The van der Waals surface area contributed by atoms with E-state index in [1.807, 2.05) is 17.6 Å². The van der Waals surface area contributed by atoms with E-state index in [1.165, 1.54) is 12.8 Å². The summed E-state index contributed by atoms with van der Waals surface area (Å²) < 4.78 is 7.66. The molecule has 1 atom stereocenters. The Hall–Kier alpha value is -4.19. The Morgan fingerprint density at radius 3 is 2.52 bits per heavy atom. The summed E-state index contributed by atoms with van der Waals surface area (Å²) in [5, 5.41) is 9.42. The zero-order valence-corrected chi connectivity index (χ0v) is 26.1. The van der Waals surface area contributed by atoms with Gasteiger partial charge >= 0.3 is 0 Å². The number of carbonyl (C=O) groups is 2. The summed E-state index contributed by atoms with van der Waals surface area (Å²) in [6.45, 7) is 6.55. The molecule has 4 heterocycles. The SMILES string of the molecule is CCNC(=O)c1ncn2c1[C@@H](CC)N(C1CCCC1)c1nc(Nc3ccc(C(=O)NC4CCN(C)CC4)cc3OC)ncc1-2. The molecule has 3 N–H and O–H groups in total. The Morgan fingerprint density at radius 2 is 1.82 bits per heavy atom. The highest BCUT2D eigenvalue weighted by atomic mass is 16.5. The minimum atomic E-state index is -0.163. The van der Waals surface area contributed by atoms with Crippen LogP contribution in [0.15, 0.2) is 30.7 Å². The van der Waals surface area contributed by atoms with E-state index in [2.05, 4.69) is 49.7 Å². The van der Waals surface area contributed by atoms with Crippen LogP contribution in [0.2, 0.25) is 0 Å². The zero-order valence-electron chi connectivity index (χ0n) is 26.1. The molecule has 3 aliphatic rings. The van der Waals surface area contributed by atoms with Crippen molar-refractivity contribution in [3.63, 3.8) is 0 Å². The lowest BCUT2D eigenvalue weighted by Gasteiger charge is -2.42. The van der Waals surface area contributed by atoms with Crippen LogP contribution >= 0.6 is 0 Å². The van der Waals surface area contributed by atoms with Crippen LogP contribution in [0, 0.1) is 0 Å². The minimum absolute atomic E-state index is 0.0506. The van der Waals surface area contributed by atoms with Crippen molar-refractivity contribution in [2.75, 3.05) is 44.0 Å². The molecule has 0 bridgehead atoms. The molecule has 6 rings (SSSR count). The summed E-state index contributed by atoms with van der Waals surface area (Å²) in [6, 6.07) is 5.82. The van der Waals surface area contributed by atoms with Crippen molar-refractivity contribution >= 4 is 29.3 Å². The van der Waals surface area contributed by atoms with Gasteiger partial charge in [-0.3, -0.25) is 14.2 Å². The highest BCUT2D eigenvalue weighted by molar-refractivity contribution is 5.96. The van der Waals surface area contributed by atoms with E-state index < -0.39 is 0 Å². The van der Waals surface area contributed by atoms with Gasteiger partial charge in [-0.2, -0.15) is 4.98 Å². The first kappa shape index (κ1) is 29.9. The molecule has 44 heavy (non-hydrogen) atoms. The number of methoxy groups -OCH3 is 1. The van der Waals surface area contributed by atoms with Crippen LogP contribution < -0.4 is 25.6 Å². The smallest absolute Gasteiger partial charge is 0.271 e. The molecule has 12 nitrogen and oxygen atoms in total. The quantitative estimate of drug-likeness (QED) is 0.330. The predicted molar refractivity (Wildman–Crippen MR) is 169 cm³/mol. The van der Waals surface area contributed by atoms with E-state index in [1.54, 1.807) is 31.8 Å². The Balaban J connectivity index is 1.30. The third-order valence-electron chi connectivity index (χ3n) is 9.13. The standard InChI is InChI=1S/C32H43N9O3/c1-5-24-28-27(31(43)33-6-2)35-19-40(28)25-18-34-32(38-29(25)41(24)22-9-7-8-10-22)37-23-12-11-20(17-26(23)44-4)30(42)36-21-13-15-39(3)16-14-21/h11-12,17-19,21-22,24H,5-10,13-16H2,1-4H3,(H,33,43)(H,36,42)(H,34,37,38)/t24-/m1/s1. The maximum absolute atomic E-state index is 13.0. The molecule has 0 unspecified atom stereocenters. The first-order chi connectivity index (χ1) is 21.4. The van der Waals surface area contributed by atoms with Gasteiger partial charge < -0.3 is 30.5 Å². The summed E-state index contributed by atoms with van der Waals surface area (Å²) in [4.78, 5) is 45.0. The number of hydrogen-bond acceptors (Lipinski definition) is 9. The lowest BCUT2D eigenvalue weighted by Crippen LogP contribution is -2.43. The van der Waals surface area contributed by atoms with Crippen LogP contribution in [-0.2, 0) is 0 Å². The molecule has 1 aromatic carbocycles. The molecular formula is C32H43N9O3. The molecule has 2 aliphatic heterocycles. The number of benzene rings is 1. The van der Waals surface area contributed by atoms with Gasteiger partial charge in [0.2, 0.25) is 5.95 Å². The van der Waals surface area contributed by atoms with E-state index in [4.69, 9.17) is 9.72 Å². The van der Waals surface area contributed by atoms with Gasteiger partial charge in [-0.25, -0.2) is 9.97 Å². The van der Waals surface area contributed by atoms with Gasteiger partial charge in [0.15, 0.2) is 11.5 Å². The van der Waals surface area contributed by atoms with E-state index in [9.17, 15) is 9.59 Å². The van der Waals surface area contributed by atoms with Crippen molar-refractivity contribution in [3.8, 4) is 11.4 Å². The third-order valence-corrected chi connectivity index (χ3v) is 9.13.